The van der Waals surface area contributed by atoms with Gasteiger partial charge in [0.1, 0.15) is 5.67 Å². The molecule has 0 radical (unpaired) electrons. The van der Waals surface area contributed by atoms with Crippen LogP contribution in [0.5, 0.6) is 0 Å². The SMILES string of the molecule is Cc1ccc(CC2(F)CCCC(N)C2)c(Cl)c1. The fourth-order valence-electron chi connectivity index (χ4n) is 2.65. The van der Waals surface area contributed by atoms with Crippen LogP contribution in [0, 0.1) is 6.92 Å². The van der Waals surface area contributed by atoms with Gasteiger partial charge in [0, 0.05) is 17.5 Å². The van der Waals surface area contributed by atoms with Gasteiger partial charge in [0.25, 0.3) is 0 Å². The average Bonchev–Trinajstić information content (AvgIpc) is 2.22. The summed E-state index contributed by atoms with van der Waals surface area (Å²) in [4.78, 5) is 0. The summed E-state index contributed by atoms with van der Waals surface area (Å²) in [5.74, 6) is 0. The maximum Gasteiger partial charge on any atom is 0.116 e. The van der Waals surface area contributed by atoms with Crippen LogP contribution in [0.25, 0.3) is 0 Å². The van der Waals surface area contributed by atoms with E-state index in [0.717, 1.165) is 24.0 Å². The molecule has 1 aliphatic carbocycles. The summed E-state index contributed by atoms with van der Waals surface area (Å²) in [6.07, 6.45) is 3.26. The standard InChI is InChI=1S/C14H19ClFN/c1-10-4-5-11(13(15)7-10)8-14(16)6-2-3-12(17)9-14/h4-5,7,12H,2-3,6,8-9,17H2,1H3. The van der Waals surface area contributed by atoms with Crippen molar-refractivity contribution in [1.29, 1.82) is 0 Å². The molecule has 1 aliphatic rings. The molecule has 1 nitrogen and oxygen atoms in total. The first-order chi connectivity index (χ1) is 7.98. The molecule has 2 unspecified atom stereocenters. The van der Waals surface area contributed by atoms with Crippen molar-refractivity contribution in [2.45, 2.75) is 50.7 Å². The van der Waals surface area contributed by atoms with Gasteiger partial charge in [-0.1, -0.05) is 23.7 Å². The lowest BCUT2D eigenvalue weighted by Crippen LogP contribution is -2.39. The molecule has 1 saturated carbocycles. The number of alkyl halides is 1. The molecule has 0 aromatic heterocycles. The number of halogens is 2. The molecule has 1 aromatic carbocycles. The highest BCUT2D eigenvalue weighted by atomic mass is 35.5. The first kappa shape index (κ1) is 12.8. The van der Waals surface area contributed by atoms with Crippen molar-refractivity contribution < 1.29 is 4.39 Å². The highest BCUT2D eigenvalue weighted by Crippen LogP contribution is 2.36. The number of nitrogens with two attached hydrogens (primary N) is 1. The molecule has 94 valence electrons. The summed E-state index contributed by atoms with van der Waals surface area (Å²) in [5.41, 5.74) is 6.68. The average molecular weight is 256 g/mol. The van der Waals surface area contributed by atoms with Gasteiger partial charge in [0.2, 0.25) is 0 Å². The molecule has 0 amide bonds. The van der Waals surface area contributed by atoms with Crippen LogP contribution < -0.4 is 5.73 Å². The zero-order valence-electron chi connectivity index (χ0n) is 10.2. The molecule has 2 atom stereocenters. The van der Waals surface area contributed by atoms with E-state index in [0.29, 0.717) is 24.3 Å². The summed E-state index contributed by atoms with van der Waals surface area (Å²) >= 11 is 6.15. The Morgan fingerprint density at radius 3 is 2.94 bits per heavy atom. The van der Waals surface area contributed by atoms with Crippen LogP contribution in [0.2, 0.25) is 5.02 Å². The number of rotatable bonds is 2. The molecule has 3 heteroatoms. The van der Waals surface area contributed by atoms with Gasteiger partial charge in [-0.15, -0.1) is 0 Å². The smallest absolute Gasteiger partial charge is 0.116 e. The maximum absolute atomic E-state index is 14.7. The van der Waals surface area contributed by atoms with Crippen LogP contribution in [-0.4, -0.2) is 11.7 Å². The zero-order valence-corrected chi connectivity index (χ0v) is 10.9. The number of hydrogen-bond donors (Lipinski definition) is 1. The molecule has 0 spiro atoms. The summed E-state index contributed by atoms with van der Waals surface area (Å²) in [6, 6.07) is 5.80. The van der Waals surface area contributed by atoms with Gasteiger partial charge in [0.15, 0.2) is 0 Å². The van der Waals surface area contributed by atoms with E-state index in [1.165, 1.54) is 0 Å². The monoisotopic (exact) mass is 255 g/mol. The van der Waals surface area contributed by atoms with E-state index in [2.05, 4.69) is 0 Å². The Bertz CT molecular complexity index is 407. The molecule has 0 heterocycles. The van der Waals surface area contributed by atoms with E-state index in [1.807, 2.05) is 25.1 Å². The molecule has 1 aromatic rings. The molecule has 0 bridgehead atoms. The topological polar surface area (TPSA) is 26.0 Å². The predicted molar refractivity (Wildman–Crippen MR) is 70.2 cm³/mol. The van der Waals surface area contributed by atoms with E-state index in [-0.39, 0.29) is 6.04 Å². The third-order valence-electron chi connectivity index (χ3n) is 3.54. The first-order valence-electron chi connectivity index (χ1n) is 6.18. The van der Waals surface area contributed by atoms with Crippen LogP contribution in [0.4, 0.5) is 4.39 Å². The van der Waals surface area contributed by atoms with Gasteiger partial charge in [-0.3, -0.25) is 0 Å². The summed E-state index contributed by atoms with van der Waals surface area (Å²) < 4.78 is 14.7. The van der Waals surface area contributed by atoms with Gasteiger partial charge >= 0.3 is 0 Å². The highest BCUT2D eigenvalue weighted by molar-refractivity contribution is 6.31. The van der Waals surface area contributed by atoms with Crippen molar-refractivity contribution in [2.24, 2.45) is 5.73 Å². The number of aryl methyl sites for hydroxylation is 1. The minimum absolute atomic E-state index is 0.00188. The van der Waals surface area contributed by atoms with Gasteiger partial charge in [-0.25, -0.2) is 4.39 Å². The maximum atomic E-state index is 14.7. The molecule has 1 fully saturated rings. The third kappa shape index (κ3) is 3.20. The van der Waals surface area contributed by atoms with E-state index in [1.54, 1.807) is 0 Å². The van der Waals surface area contributed by atoms with Crippen molar-refractivity contribution >= 4 is 11.6 Å². The minimum atomic E-state index is -1.17. The van der Waals surface area contributed by atoms with Gasteiger partial charge in [-0.05, 0) is 49.8 Å². The van der Waals surface area contributed by atoms with E-state index < -0.39 is 5.67 Å². The van der Waals surface area contributed by atoms with Crippen molar-refractivity contribution in [2.75, 3.05) is 0 Å². The second kappa shape index (κ2) is 4.95. The Kier molecular flexibility index (Phi) is 3.74. The summed E-state index contributed by atoms with van der Waals surface area (Å²) in [5, 5.41) is 0.668. The van der Waals surface area contributed by atoms with Gasteiger partial charge < -0.3 is 5.73 Å². The number of hydrogen-bond acceptors (Lipinski definition) is 1. The Morgan fingerprint density at radius 1 is 1.53 bits per heavy atom. The summed E-state index contributed by atoms with van der Waals surface area (Å²) in [7, 11) is 0. The first-order valence-corrected chi connectivity index (χ1v) is 6.56. The summed E-state index contributed by atoms with van der Waals surface area (Å²) in [6.45, 7) is 1.98. The second-order valence-electron chi connectivity index (χ2n) is 5.28. The molecule has 2 N–H and O–H groups in total. The third-order valence-corrected chi connectivity index (χ3v) is 3.90. The lowest BCUT2D eigenvalue weighted by molar-refractivity contribution is 0.0965. The van der Waals surface area contributed by atoms with E-state index in [4.69, 9.17) is 17.3 Å². The minimum Gasteiger partial charge on any atom is -0.328 e. The van der Waals surface area contributed by atoms with Crippen molar-refractivity contribution in [1.82, 2.24) is 0 Å². The van der Waals surface area contributed by atoms with Crippen LogP contribution in [0.3, 0.4) is 0 Å². The van der Waals surface area contributed by atoms with Gasteiger partial charge in [-0.2, -0.15) is 0 Å². The van der Waals surface area contributed by atoms with Gasteiger partial charge in [0.05, 0.1) is 0 Å². The fourth-order valence-corrected chi connectivity index (χ4v) is 2.95. The lowest BCUT2D eigenvalue weighted by atomic mass is 9.80. The van der Waals surface area contributed by atoms with Crippen LogP contribution in [-0.2, 0) is 6.42 Å². The largest absolute Gasteiger partial charge is 0.328 e. The molecular formula is C14H19ClFN. The van der Waals surface area contributed by atoms with Crippen LogP contribution in [0.15, 0.2) is 18.2 Å². The zero-order chi connectivity index (χ0) is 12.5. The van der Waals surface area contributed by atoms with E-state index in [9.17, 15) is 4.39 Å². The molecule has 2 rings (SSSR count). The number of benzene rings is 1. The van der Waals surface area contributed by atoms with Crippen molar-refractivity contribution in [3.05, 3.63) is 34.3 Å². The Labute approximate surface area is 107 Å². The molecule has 0 aliphatic heterocycles. The Balaban J connectivity index is 2.14. The Hall–Kier alpha value is -0.600. The van der Waals surface area contributed by atoms with Crippen molar-refractivity contribution in [3.63, 3.8) is 0 Å². The predicted octanol–water partition coefficient (Wildman–Crippen LogP) is 3.80. The van der Waals surface area contributed by atoms with E-state index >= 15 is 0 Å². The lowest BCUT2D eigenvalue weighted by Gasteiger charge is -2.33. The molecular weight excluding hydrogens is 237 g/mol. The second-order valence-corrected chi connectivity index (χ2v) is 5.69. The van der Waals surface area contributed by atoms with Crippen LogP contribution >= 0.6 is 11.6 Å². The quantitative estimate of drug-likeness (QED) is 0.855. The highest BCUT2D eigenvalue weighted by Gasteiger charge is 2.35. The Morgan fingerprint density at radius 2 is 2.29 bits per heavy atom. The molecule has 17 heavy (non-hydrogen) atoms. The molecule has 0 saturated heterocycles. The van der Waals surface area contributed by atoms with Crippen molar-refractivity contribution in [3.8, 4) is 0 Å². The fraction of sp³-hybridized carbons (Fsp3) is 0.571. The normalized spacial score (nSPS) is 29.3. The van der Waals surface area contributed by atoms with Crippen LogP contribution in [0.1, 0.15) is 36.8 Å².